The molecule has 2 amide bonds. The van der Waals surface area contributed by atoms with Gasteiger partial charge in [-0.25, -0.2) is 4.98 Å². The molecule has 0 aliphatic carbocycles. The number of aliphatic carboxylic acids is 1. The van der Waals surface area contributed by atoms with Gasteiger partial charge in [0.25, 0.3) is 11.8 Å². The van der Waals surface area contributed by atoms with E-state index in [0.29, 0.717) is 16.1 Å². The van der Waals surface area contributed by atoms with Crippen LogP contribution in [0.25, 0.3) is 0 Å². The summed E-state index contributed by atoms with van der Waals surface area (Å²) in [6.07, 6.45) is 1.84. The van der Waals surface area contributed by atoms with Gasteiger partial charge in [-0.3, -0.25) is 14.5 Å². The van der Waals surface area contributed by atoms with Crippen molar-refractivity contribution in [3.05, 3.63) is 52.1 Å². The van der Waals surface area contributed by atoms with Crippen LogP contribution in [0.1, 0.15) is 12.6 Å². The second-order valence-electron chi connectivity index (χ2n) is 7.94. The predicted octanol–water partition coefficient (Wildman–Crippen LogP) is -4.34. The van der Waals surface area contributed by atoms with Crippen LogP contribution in [0.15, 0.2) is 51.2 Å². The zero-order valence-corrected chi connectivity index (χ0v) is 24.7. The summed E-state index contributed by atoms with van der Waals surface area (Å²) in [6.45, 7) is 1.31. The van der Waals surface area contributed by atoms with Crippen LogP contribution in [0.4, 0.5) is 5.13 Å². The van der Waals surface area contributed by atoms with Crippen molar-refractivity contribution in [2.45, 2.75) is 29.3 Å². The number of rotatable bonds is 10. The average molecular weight is 589 g/mol. The number of nitrogens with zero attached hydrogens (tertiary/aromatic N) is 4. The Morgan fingerprint density at radius 1 is 1.45 bits per heavy atom. The minimum absolute atomic E-state index is 0. The van der Waals surface area contributed by atoms with Crippen molar-refractivity contribution in [3.63, 3.8) is 0 Å². The van der Waals surface area contributed by atoms with Crippen LogP contribution in [0.5, 0.6) is 0 Å². The van der Waals surface area contributed by atoms with Crippen LogP contribution in [-0.2, 0) is 19.2 Å². The molecule has 0 aromatic carbocycles. The first-order valence-electron chi connectivity index (χ1n) is 10.8. The van der Waals surface area contributed by atoms with Crippen molar-refractivity contribution in [1.82, 2.24) is 15.2 Å². The average Bonchev–Trinajstić information content (AvgIpc) is 3.29. The summed E-state index contributed by atoms with van der Waals surface area (Å²) in [5.41, 5.74) is 5.82. The second kappa shape index (κ2) is 13.1. The number of oxime groups is 1. The minimum atomic E-state index is -1.49. The number of β-lactam (4-membered cyclic amide) rings is 1. The number of thiazole rings is 1. The smallest absolute Gasteiger partial charge is 0.619 e. The number of thioether (sulfide) groups is 2. The van der Waals surface area contributed by atoms with E-state index in [1.807, 2.05) is 0 Å². The molecule has 2 unspecified atom stereocenters. The Kier molecular flexibility index (Phi) is 10.4. The Morgan fingerprint density at radius 2 is 2.16 bits per heavy atom. The number of nitrogens with one attached hydrogen (secondary N) is 1. The Hall–Kier alpha value is -2.34. The van der Waals surface area contributed by atoms with Gasteiger partial charge >= 0.3 is 29.6 Å². The fraction of sp³-hybridized carbons (Fsp3) is 0.333. The van der Waals surface area contributed by atoms with E-state index >= 15 is 0 Å². The molecule has 2 aliphatic heterocycles. The van der Waals surface area contributed by atoms with Gasteiger partial charge in [-0.1, -0.05) is 5.16 Å². The zero-order valence-electron chi connectivity index (χ0n) is 20.2. The molecule has 4 heterocycles. The monoisotopic (exact) mass is 588 g/mol. The van der Waals surface area contributed by atoms with Gasteiger partial charge in [0, 0.05) is 33.9 Å². The van der Waals surface area contributed by atoms with Crippen molar-refractivity contribution >= 4 is 63.5 Å². The maximum absolute atomic E-state index is 13.0. The Balaban J connectivity index is 0.00000400. The van der Waals surface area contributed by atoms with Crippen LogP contribution < -0.4 is 50.4 Å². The predicted molar refractivity (Wildman–Crippen MR) is 134 cm³/mol. The van der Waals surface area contributed by atoms with Gasteiger partial charge in [0.15, 0.2) is 23.2 Å². The van der Waals surface area contributed by atoms with Crippen LogP contribution in [0, 0.1) is 5.21 Å². The molecular weight excluding hydrogens is 567 g/mol. The summed E-state index contributed by atoms with van der Waals surface area (Å²) < 4.78 is 0.642. The number of hydrogen-bond acceptors (Lipinski definition) is 13. The number of aliphatic hydroxyl groups is 1. The number of carboxylic acids is 1. The molecule has 2 aromatic heterocycles. The zero-order chi connectivity index (χ0) is 26.7. The largest absolute Gasteiger partial charge is 1.00 e. The van der Waals surface area contributed by atoms with Crippen molar-refractivity contribution < 1.29 is 63.7 Å². The van der Waals surface area contributed by atoms with Gasteiger partial charge in [0.2, 0.25) is 0 Å². The van der Waals surface area contributed by atoms with Gasteiger partial charge < -0.3 is 36.1 Å². The summed E-state index contributed by atoms with van der Waals surface area (Å²) in [7, 11) is 0. The fourth-order valence-electron chi connectivity index (χ4n) is 3.47. The first-order chi connectivity index (χ1) is 17.7. The number of amides is 2. The molecule has 13 nitrogen and oxygen atoms in total. The minimum Gasteiger partial charge on any atom is -0.619 e. The van der Waals surface area contributed by atoms with Crippen molar-refractivity contribution in [3.8, 4) is 0 Å². The van der Waals surface area contributed by atoms with E-state index in [2.05, 4.69) is 15.5 Å². The third kappa shape index (κ3) is 6.80. The number of fused-ring (bicyclic) bond motifs is 1. The molecule has 0 saturated carbocycles. The maximum Gasteiger partial charge on any atom is 1.00 e. The molecule has 4 N–H and O–H groups in total. The number of nitrogen functional groups attached to an aromatic ring is 1. The number of pyridine rings is 1. The molecule has 1 saturated heterocycles. The number of carbonyl (C=O) groups is 3. The molecule has 0 spiro atoms. The molecule has 0 bridgehead atoms. The number of aromatic nitrogens is 2. The van der Waals surface area contributed by atoms with Crippen molar-refractivity contribution in [2.75, 3.05) is 23.8 Å². The molecule has 17 heteroatoms. The number of aliphatic hydroxyl groups excluding tert-OH is 1. The third-order valence-corrected chi connectivity index (χ3v) is 8.27. The molecule has 2 aromatic rings. The molecule has 196 valence electrons. The standard InChI is InChI=1S/C21H22N6O7S3.Na/c1-10(28)6-34-25-14(13-9-37-21(22)23-13)17(29)24-15-18(30)27-16(20(31)32)11(8-36-19(15)27)7-35-12-2-4-26(33)5-3-12;/h2-5,9-10,15,19,28H,6-8H2,1H3,(H2,22,23)(H,24,29)(H,31,32);/q;+1/p-1/b25-14-;/t10?,15?,19-;/m0./s1. The number of carboxylic acid groups (broad SMARTS) is 1. The first-order valence-corrected chi connectivity index (χ1v) is 13.7. The Bertz CT molecular complexity index is 1270. The van der Waals surface area contributed by atoms with E-state index in [4.69, 9.17) is 10.6 Å². The number of nitrogens with two attached hydrogens (primary N) is 1. The first kappa shape index (κ1) is 30.2. The third-order valence-electron chi connectivity index (χ3n) is 5.16. The van der Waals surface area contributed by atoms with Crippen molar-refractivity contribution in [2.24, 2.45) is 5.16 Å². The van der Waals surface area contributed by atoms with Crippen LogP contribution in [-0.4, -0.2) is 74.1 Å². The molecule has 38 heavy (non-hydrogen) atoms. The number of carbonyl (C=O) groups excluding carboxylic acids is 3. The van der Waals surface area contributed by atoms with E-state index in [-0.39, 0.29) is 64.2 Å². The summed E-state index contributed by atoms with van der Waals surface area (Å²) in [5, 5.41) is 39.9. The van der Waals surface area contributed by atoms with Gasteiger partial charge in [0.1, 0.15) is 23.7 Å². The van der Waals surface area contributed by atoms with E-state index < -0.39 is 35.3 Å². The molecule has 2 aliphatic rings. The molecule has 4 rings (SSSR count). The number of hydrogen-bond donors (Lipinski definition) is 3. The second-order valence-corrected chi connectivity index (χ2v) is 11.0. The normalized spacial score (nSPS) is 19.7. The summed E-state index contributed by atoms with van der Waals surface area (Å²) in [4.78, 5) is 48.9. The van der Waals surface area contributed by atoms with Gasteiger partial charge in [0.05, 0.1) is 17.8 Å². The molecular formula is C21H21N6NaO7S3. The Labute approximate surface area is 251 Å². The summed E-state index contributed by atoms with van der Waals surface area (Å²) in [6, 6.07) is 2.20. The topological polar surface area (TPSA) is 197 Å². The molecule has 0 radical (unpaired) electrons. The quantitative estimate of drug-likeness (QED) is 0.0461. The Morgan fingerprint density at radius 3 is 2.76 bits per heavy atom. The summed E-state index contributed by atoms with van der Waals surface area (Å²) >= 11 is 3.71. The van der Waals surface area contributed by atoms with Gasteiger partial charge in [-0.05, 0) is 12.5 Å². The SMILES string of the molecule is CC(O)CO/N=C(\C(=O)NC1C(=O)N2C(C(=O)[O-])=C(CSc3cc[n+]([O-])cc3)CS[C@@H]12)c1csc(N)n1.[Na+]. The van der Waals surface area contributed by atoms with Crippen molar-refractivity contribution in [1.29, 1.82) is 0 Å². The molecule has 3 atom stereocenters. The van der Waals surface area contributed by atoms with E-state index in [9.17, 15) is 29.8 Å². The fourth-order valence-corrected chi connectivity index (χ4v) is 6.39. The maximum atomic E-state index is 13.0. The van der Waals surface area contributed by atoms with Crippen LogP contribution in [0.2, 0.25) is 0 Å². The van der Waals surface area contributed by atoms with E-state index in [0.717, 1.165) is 21.1 Å². The van der Waals surface area contributed by atoms with Crippen LogP contribution >= 0.6 is 34.9 Å². The van der Waals surface area contributed by atoms with Gasteiger partial charge in [-0.15, -0.1) is 34.9 Å². The van der Waals surface area contributed by atoms with E-state index in [1.54, 1.807) is 12.1 Å². The van der Waals surface area contributed by atoms with Gasteiger partial charge in [-0.2, -0.15) is 4.73 Å². The number of anilines is 1. The summed E-state index contributed by atoms with van der Waals surface area (Å²) in [5.74, 6) is -2.30. The van der Waals surface area contributed by atoms with Crippen LogP contribution in [0.3, 0.4) is 0 Å². The molecule has 1 fully saturated rings. The van der Waals surface area contributed by atoms with E-state index in [1.165, 1.54) is 48.2 Å².